The van der Waals surface area contributed by atoms with E-state index in [-0.39, 0.29) is 13.2 Å². The van der Waals surface area contributed by atoms with Crippen LogP contribution < -0.4 is 9.46 Å². The lowest BCUT2D eigenvalue weighted by Crippen LogP contribution is -2.21. The number of hydrogen-bond acceptors (Lipinski definition) is 6. The van der Waals surface area contributed by atoms with Gasteiger partial charge in [-0.3, -0.25) is 9.97 Å². The second-order valence-corrected chi connectivity index (χ2v) is 10.8. The maximum absolute atomic E-state index is 11.2. The van der Waals surface area contributed by atoms with Crippen molar-refractivity contribution in [3.05, 3.63) is 76.2 Å². The molecule has 0 saturated heterocycles. The highest BCUT2D eigenvalue weighted by Gasteiger charge is 2.26. The fourth-order valence-corrected chi connectivity index (χ4v) is 4.11. The SMILES string of the molecule is CC(C)(c1ccc(-c2cnc(CNS(C)(=O)=O)cn2)cc1)c1cc(Cl)c(OCCCl)c(C#N)c1. The number of nitrogens with one attached hydrogen (secondary N) is 1. The number of alkyl halides is 1. The summed E-state index contributed by atoms with van der Waals surface area (Å²) in [6.45, 7) is 4.45. The Balaban J connectivity index is 1.83. The predicted molar refractivity (Wildman–Crippen MR) is 134 cm³/mol. The van der Waals surface area contributed by atoms with Gasteiger partial charge in [0.2, 0.25) is 10.0 Å². The molecule has 1 N–H and O–H groups in total. The summed E-state index contributed by atoms with van der Waals surface area (Å²) in [5.74, 6) is 0.638. The first-order chi connectivity index (χ1) is 16.0. The van der Waals surface area contributed by atoms with Crippen LogP contribution in [0.1, 0.15) is 36.2 Å². The molecule has 0 radical (unpaired) electrons. The van der Waals surface area contributed by atoms with Crippen LogP contribution in [0.25, 0.3) is 11.3 Å². The van der Waals surface area contributed by atoms with Gasteiger partial charge in [-0.1, -0.05) is 49.7 Å². The Labute approximate surface area is 209 Å². The number of halogens is 2. The van der Waals surface area contributed by atoms with E-state index >= 15 is 0 Å². The monoisotopic (exact) mass is 518 g/mol. The number of rotatable bonds is 9. The zero-order valence-electron chi connectivity index (χ0n) is 19.0. The molecule has 0 aliphatic carbocycles. The summed E-state index contributed by atoms with van der Waals surface area (Å²) < 4.78 is 30.4. The Morgan fingerprint density at radius 3 is 2.38 bits per heavy atom. The lowest BCUT2D eigenvalue weighted by atomic mass is 9.77. The second-order valence-electron chi connectivity index (χ2n) is 8.17. The highest BCUT2D eigenvalue weighted by atomic mass is 35.5. The van der Waals surface area contributed by atoms with Gasteiger partial charge in [-0.15, -0.1) is 11.6 Å². The van der Waals surface area contributed by atoms with Crippen LogP contribution in [0.4, 0.5) is 0 Å². The van der Waals surface area contributed by atoms with Crippen molar-refractivity contribution in [2.24, 2.45) is 0 Å². The van der Waals surface area contributed by atoms with Gasteiger partial charge in [0.05, 0.1) is 53.0 Å². The number of aromatic nitrogens is 2. The Kier molecular flexibility index (Phi) is 8.16. The minimum absolute atomic E-state index is 0.0855. The predicted octanol–water partition coefficient (Wildman–Crippen LogP) is 4.66. The van der Waals surface area contributed by atoms with Crippen LogP contribution in [0.3, 0.4) is 0 Å². The smallest absolute Gasteiger partial charge is 0.209 e. The number of ether oxygens (including phenoxy) is 1. The van der Waals surface area contributed by atoms with Crippen LogP contribution in [0.2, 0.25) is 5.02 Å². The van der Waals surface area contributed by atoms with Gasteiger partial charge in [-0.05, 0) is 23.3 Å². The van der Waals surface area contributed by atoms with E-state index in [1.165, 1.54) is 0 Å². The maximum atomic E-state index is 11.2. The molecular formula is C24H24Cl2N4O3S. The Morgan fingerprint density at radius 2 is 1.82 bits per heavy atom. The van der Waals surface area contributed by atoms with Gasteiger partial charge in [0.1, 0.15) is 12.7 Å². The normalized spacial score (nSPS) is 11.8. The molecule has 0 spiro atoms. The lowest BCUT2D eigenvalue weighted by Gasteiger charge is -2.27. The molecule has 7 nitrogen and oxygen atoms in total. The Bertz CT molecular complexity index is 1300. The summed E-state index contributed by atoms with van der Waals surface area (Å²) in [4.78, 5) is 8.67. The van der Waals surface area contributed by atoms with Gasteiger partial charge in [-0.2, -0.15) is 5.26 Å². The Morgan fingerprint density at radius 1 is 1.12 bits per heavy atom. The molecule has 10 heteroatoms. The first kappa shape index (κ1) is 25.9. The zero-order valence-corrected chi connectivity index (χ0v) is 21.3. The van der Waals surface area contributed by atoms with E-state index in [1.807, 2.05) is 30.3 Å². The molecule has 0 saturated carbocycles. The first-order valence-corrected chi connectivity index (χ1v) is 13.1. The van der Waals surface area contributed by atoms with Crippen molar-refractivity contribution in [2.45, 2.75) is 25.8 Å². The summed E-state index contributed by atoms with van der Waals surface area (Å²) in [6, 6.07) is 13.6. The summed E-state index contributed by atoms with van der Waals surface area (Å²) >= 11 is 12.1. The van der Waals surface area contributed by atoms with Crippen molar-refractivity contribution in [2.75, 3.05) is 18.7 Å². The Hall–Kier alpha value is -2.70. The number of nitriles is 1. The largest absolute Gasteiger partial charge is 0.489 e. The lowest BCUT2D eigenvalue weighted by molar-refractivity contribution is 0.341. The van der Waals surface area contributed by atoms with E-state index in [0.717, 1.165) is 22.9 Å². The number of sulfonamides is 1. The third-order valence-electron chi connectivity index (χ3n) is 5.33. The number of nitrogens with zero attached hydrogens (tertiary/aromatic N) is 3. The summed E-state index contributed by atoms with van der Waals surface area (Å²) in [5, 5.41) is 9.96. The van der Waals surface area contributed by atoms with Gasteiger partial charge in [0.25, 0.3) is 0 Å². The quantitative estimate of drug-likeness (QED) is 0.413. The van der Waals surface area contributed by atoms with Crippen LogP contribution in [-0.4, -0.2) is 37.1 Å². The molecule has 0 aliphatic rings. The number of hydrogen-bond donors (Lipinski definition) is 1. The van der Waals surface area contributed by atoms with Gasteiger partial charge in [0, 0.05) is 11.0 Å². The molecule has 1 heterocycles. The van der Waals surface area contributed by atoms with E-state index < -0.39 is 15.4 Å². The van der Waals surface area contributed by atoms with Crippen molar-refractivity contribution >= 4 is 33.2 Å². The van der Waals surface area contributed by atoms with Crippen molar-refractivity contribution in [1.29, 1.82) is 5.26 Å². The standard InChI is InChI=1S/C24H24Cl2N4O3S/c1-24(2,19-10-17(12-27)23(21(26)11-19)33-9-8-25)18-6-4-16(5-7-18)22-15-28-20(13-29-22)14-30-34(3,31)32/h4-7,10-11,13,15,30H,8-9,14H2,1-3H3. The highest BCUT2D eigenvalue weighted by molar-refractivity contribution is 7.88. The molecule has 178 valence electrons. The molecule has 3 aromatic rings. The van der Waals surface area contributed by atoms with Gasteiger partial charge in [0.15, 0.2) is 5.75 Å². The van der Waals surface area contributed by atoms with Crippen molar-refractivity contribution in [1.82, 2.24) is 14.7 Å². The average molecular weight is 519 g/mol. The van der Waals surface area contributed by atoms with E-state index in [0.29, 0.717) is 33.6 Å². The molecule has 0 bridgehead atoms. The average Bonchev–Trinajstić information content (AvgIpc) is 2.81. The number of benzene rings is 2. The molecule has 0 fully saturated rings. The van der Waals surface area contributed by atoms with Gasteiger partial charge in [-0.25, -0.2) is 13.1 Å². The van der Waals surface area contributed by atoms with E-state index in [9.17, 15) is 13.7 Å². The molecule has 3 rings (SSSR count). The van der Waals surface area contributed by atoms with Crippen LogP contribution in [0.5, 0.6) is 5.75 Å². The fourth-order valence-electron chi connectivity index (χ4n) is 3.35. The van der Waals surface area contributed by atoms with E-state index in [4.69, 9.17) is 27.9 Å². The van der Waals surface area contributed by atoms with Crippen LogP contribution in [0, 0.1) is 11.3 Å². The molecule has 1 aromatic heterocycles. The maximum Gasteiger partial charge on any atom is 0.209 e. The minimum Gasteiger partial charge on any atom is -0.489 e. The van der Waals surface area contributed by atoms with Crippen molar-refractivity contribution in [3.8, 4) is 23.1 Å². The van der Waals surface area contributed by atoms with Crippen LogP contribution in [-0.2, 0) is 22.0 Å². The zero-order chi connectivity index (χ0) is 24.9. The molecule has 0 aliphatic heterocycles. The summed E-state index contributed by atoms with van der Waals surface area (Å²) in [6.07, 6.45) is 4.25. The van der Waals surface area contributed by atoms with Gasteiger partial charge < -0.3 is 4.74 Å². The molecule has 0 atom stereocenters. The second kappa shape index (κ2) is 10.7. The van der Waals surface area contributed by atoms with Crippen LogP contribution in [0.15, 0.2) is 48.8 Å². The molecule has 0 unspecified atom stereocenters. The first-order valence-electron chi connectivity index (χ1n) is 10.3. The summed E-state index contributed by atoms with van der Waals surface area (Å²) in [5.41, 5.74) is 3.88. The third-order valence-corrected chi connectivity index (χ3v) is 6.44. The van der Waals surface area contributed by atoms with E-state index in [2.05, 4.69) is 34.6 Å². The molecule has 34 heavy (non-hydrogen) atoms. The van der Waals surface area contributed by atoms with Crippen molar-refractivity contribution < 1.29 is 13.2 Å². The molecular weight excluding hydrogens is 495 g/mol. The van der Waals surface area contributed by atoms with Crippen LogP contribution >= 0.6 is 23.2 Å². The highest BCUT2D eigenvalue weighted by Crippen LogP contribution is 2.38. The molecule has 0 amide bonds. The topological polar surface area (TPSA) is 105 Å². The summed E-state index contributed by atoms with van der Waals surface area (Å²) in [7, 11) is -3.30. The van der Waals surface area contributed by atoms with Gasteiger partial charge >= 0.3 is 0 Å². The fraction of sp³-hybridized carbons (Fsp3) is 0.292. The van der Waals surface area contributed by atoms with E-state index in [1.54, 1.807) is 18.5 Å². The molecule has 2 aromatic carbocycles. The third kappa shape index (κ3) is 6.24. The van der Waals surface area contributed by atoms with Crippen molar-refractivity contribution in [3.63, 3.8) is 0 Å². The minimum atomic E-state index is -3.30.